The van der Waals surface area contributed by atoms with Crippen molar-refractivity contribution in [2.75, 3.05) is 0 Å². The molecule has 5 aromatic rings. The number of halogens is 1. The molecule has 0 saturated carbocycles. The molecular formula is C35H35BrN2O. The van der Waals surface area contributed by atoms with Crippen molar-refractivity contribution in [2.24, 2.45) is 0 Å². The first kappa shape index (κ1) is 27.0. The molecule has 0 radical (unpaired) electrons. The van der Waals surface area contributed by atoms with Gasteiger partial charge >= 0.3 is 0 Å². The van der Waals surface area contributed by atoms with Crippen molar-refractivity contribution < 1.29 is 5.11 Å². The molecule has 1 heterocycles. The fourth-order valence-corrected chi connectivity index (χ4v) is 5.57. The maximum absolute atomic E-state index is 11.8. The van der Waals surface area contributed by atoms with Crippen LogP contribution in [0.2, 0.25) is 0 Å². The van der Waals surface area contributed by atoms with Crippen molar-refractivity contribution in [2.45, 2.75) is 52.4 Å². The second-order valence-corrected chi connectivity index (χ2v) is 12.8. The van der Waals surface area contributed by atoms with E-state index in [9.17, 15) is 5.11 Å². The summed E-state index contributed by atoms with van der Waals surface area (Å²) in [6.07, 6.45) is 0. The average Bonchev–Trinajstić information content (AvgIpc) is 3.25. The van der Waals surface area contributed by atoms with Crippen molar-refractivity contribution in [3.63, 3.8) is 0 Å². The lowest BCUT2D eigenvalue weighted by Crippen LogP contribution is -2.17. The third kappa shape index (κ3) is 5.18. The summed E-state index contributed by atoms with van der Waals surface area (Å²) in [5.41, 5.74) is 7.60. The Morgan fingerprint density at radius 3 is 1.82 bits per heavy atom. The molecule has 1 N–H and O–H groups in total. The lowest BCUT2D eigenvalue weighted by molar-refractivity contribution is 0.446. The summed E-state index contributed by atoms with van der Waals surface area (Å²) in [5, 5.41) is 11.8. The number of rotatable bonds is 4. The largest absolute Gasteiger partial charge is 0.507 e. The highest BCUT2D eigenvalue weighted by atomic mass is 79.9. The van der Waals surface area contributed by atoms with Crippen molar-refractivity contribution in [1.82, 2.24) is 9.55 Å². The molecule has 1 aromatic heterocycles. The molecular weight excluding hydrogens is 544 g/mol. The molecule has 0 spiro atoms. The third-order valence-electron chi connectivity index (χ3n) is 7.14. The van der Waals surface area contributed by atoms with Gasteiger partial charge in [0.15, 0.2) is 0 Å². The van der Waals surface area contributed by atoms with Gasteiger partial charge in [0.2, 0.25) is 0 Å². The van der Waals surface area contributed by atoms with Crippen molar-refractivity contribution in [3.05, 3.63) is 113 Å². The minimum atomic E-state index is -0.251. The van der Waals surface area contributed by atoms with Gasteiger partial charge < -0.3 is 5.11 Å². The molecule has 198 valence electrons. The van der Waals surface area contributed by atoms with Gasteiger partial charge in [0.25, 0.3) is 0 Å². The van der Waals surface area contributed by atoms with Gasteiger partial charge in [0.05, 0.1) is 16.9 Å². The first-order valence-corrected chi connectivity index (χ1v) is 14.1. The van der Waals surface area contributed by atoms with E-state index >= 15 is 0 Å². The van der Waals surface area contributed by atoms with Crippen LogP contribution in [0.4, 0.5) is 0 Å². The smallest absolute Gasteiger partial charge is 0.150 e. The number of imidazole rings is 1. The molecule has 4 heteroatoms. The van der Waals surface area contributed by atoms with Gasteiger partial charge in [-0.15, -0.1) is 0 Å². The van der Waals surface area contributed by atoms with E-state index < -0.39 is 0 Å². The summed E-state index contributed by atoms with van der Waals surface area (Å²) < 4.78 is 2.92. The predicted octanol–water partition coefficient (Wildman–Crippen LogP) is 9.94. The Labute approximate surface area is 240 Å². The van der Waals surface area contributed by atoms with Gasteiger partial charge in [-0.25, -0.2) is 4.98 Å². The zero-order chi connectivity index (χ0) is 27.9. The molecule has 0 aliphatic rings. The van der Waals surface area contributed by atoms with Crippen molar-refractivity contribution >= 4 is 15.9 Å². The summed E-state index contributed by atoms with van der Waals surface area (Å²) in [6.45, 7) is 13.0. The van der Waals surface area contributed by atoms with E-state index in [1.54, 1.807) is 0 Å². The molecule has 0 fully saturated rings. The van der Waals surface area contributed by atoms with Crippen LogP contribution in [0.5, 0.6) is 5.75 Å². The fraction of sp³-hybridized carbons (Fsp3) is 0.229. The Bertz CT molecular complexity index is 1620. The Morgan fingerprint density at radius 1 is 0.667 bits per heavy atom. The highest BCUT2D eigenvalue weighted by Crippen LogP contribution is 2.45. The first-order chi connectivity index (χ1) is 18.5. The van der Waals surface area contributed by atoms with E-state index in [1.807, 2.05) is 24.3 Å². The Hall–Kier alpha value is -3.63. The van der Waals surface area contributed by atoms with E-state index in [0.717, 1.165) is 49.4 Å². The molecule has 0 aliphatic carbocycles. The van der Waals surface area contributed by atoms with E-state index in [1.165, 1.54) is 0 Å². The highest BCUT2D eigenvalue weighted by molar-refractivity contribution is 9.10. The molecule has 3 nitrogen and oxygen atoms in total. The Kier molecular flexibility index (Phi) is 7.02. The Morgan fingerprint density at radius 2 is 1.23 bits per heavy atom. The number of hydrogen-bond donors (Lipinski definition) is 1. The lowest BCUT2D eigenvalue weighted by atomic mass is 9.79. The van der Waals surface area contributed by atoms with Crippen LogP contribution in [0.25, 0.3) is 39.5 Å². The summed E-state index contributed by atoms with van der Waals surface area (Å²) in [4.78, 5) is 5.10. The molecule has 0 amide bonds. The molecule has 0 atom stereocenters. The van der Waals surface area contributed by atoms with E-state index in [0.29, 0.717) is 5.82 Å². The maximum Gasteiger partial charge on any atom is 0.150 e. The summed E-state index contributed by atoms with van der Waals surface area (Å²) in [7, 11) is 0. The zero-order valence-corrected chi connectivity index (χ0v) is 25.0. The minimum absolute atomic E-state index is 0.110. The second kappa shape index (κ2) is 10.2. The SMILES string of the molecule is CC(C)(C)c1cc(-c2nc(Br)c(-c3ccccc3)n2-c2ccccc2-c2ccccc2)c(O)c(C(C)(C)C)c1. The highest BCUT2D eigenvalue weighted by Gasteiger charge is 2.29. The lowest BCUT2D eigenvalue weighted by Gasteiger charge is -2.28. The van der Waals surface area contributed by atoms with Gasteiger partial charge in [0.1, 0.15) is 16.2 Å². The number of phenols is 1. The van der Waals surface area contributed by atoms with Gasteiger partial charge in [-0.2, -0.15) is 0 Å². The minimum Gasteiger partial charge on any atom is -0.507 e. The van der Waals surface area contributed by atoms with E-state index in [2.05, 4.69) is 135 Å². The summed E-state index contributed by atoms with van der Waals surface area (Å²) in [6, 6.07) is 33.3. The molecule has 0 aliphatic heterocycles. The van der Waals surface area contributed by atoms with Gasteiger partial charge in [-0.3, -0.25) is 4.57 Å². The summed E-state index contributed by atoms with van der Waals surface area (Å²) in [5.74, 6) is 0.962. The molecule has 4 aromatic carbocycles. The van der Waals surface area contributed by atoms with Crippen LogP contribution in [0, 0.1) is 0 Å². The standard InChI is InChI=1S/C35H35BrN2O/c1-34(2,3)25-21-27(31(39)28(22-25)35(4,5)6)33-37-32(36)30(24-17-11-8-12-18-24)38(33)29-20-14-13-19-26(29)23-15-9-7-10-16-23/h7-22,39H,1-6H3. The van der Waals surface area contributed by atoms with Crippen LogP contribution >= 0.6 is 15.9 Å². The van der Waals surface area contributed by atoms with E-state index in [4.69, 9.17) is 4.98 Å². The van der Waals surface area contributed by atoms with Crippen molar-refractivity contribution in [1.29, 1.82) is 0 Å². The number of benzene rings is 4. The quantitative estimate of drug-likeness (QED) is 0.230. The second-order valence-electron chi connectivity index (χ2n) is 12.1. The molecule has 5 rings (SSSR count). The van der Waals surface area contributed by atoms with Crippen LogP contribution in [0.15, 0.2) is 102 Å². The monoisotopic (exact) mass is 578 g/mol. The maximum atomic E-state index is 11.8. The van der Waals surface area contributed by atoms with Crippen LogP contribution in [0.3, 0.4) is 0 Å². The van der Waals surface area contributed by atoms with E-state index in [-0.39, 0.29) is 16.6 Å². The van der Waals surface area contributed by atoms with Crippen LogP contribution in [-0.2, 0) is 10.8 Å². The molecule has 0 unspecified atom stereocenters. The van der Waals surface area contributed by atoms with Gasteiger partial charge in [-0.1, -0.05) is 126 Å². The van der Waals surface area contributed by atoms with Crippen molar-refractivity contribution in [3.8, 4) is 45.2 Å². The average molecular weight is 580 g/mol. The third-order valence-corrected chi connectivity index (χ3v) is 7.69. The Balaban J connectivity index is 1.91. The van der Waals surface area contributed by atoms with Gasteiger partial charge in [0, 0.05) is 16.7 Å². The predicted molar refractivity (Wildman–Crippen MR) is 167 cm³/mol. The number of phenolic OH excluding ortho intramolecular Hbond substituents is 1. The number of nitrogens with zero attached hydrogens (tertiary/aromatic N) is 2. The number of aromatic nitrogens is 2. The summed E-state index contributed by atoms with van der Waals surface area (Å²) >= 11 is 3.81. The first-order valence-electron chi connectivity index (χ1n) is 13.3. The fourth-order valence-electron chi connectivity index (χ4n) is 4.99. The molecule has 0 bridgehead atoms. The van der Waals surface area contributed by atoms with Crippen LogP contribution in [-0.4, -0.2) is 14.7 Å². The van der Waals surface area contributed by atoms with Crippen LogP contribution < -0.4 is 0 Å². The number of para-hydroxylation sites is 1. The topological polar surface area (TPSA) is 38.0 Å². The van der Waals surface area contributed by atoms with Crippen LogP contribution in [0.1, 0.15) is 52.7 Å². The normalized spacial score (nSPS) is 12.1. The molecule has 0 saturated heterocycles. The number of hydrogen-bond acceptors (Lipinski definition) is 2. The zero-order valence-electron chi connectivity index (χ0n) is 23.5. The molecule has 39 heavy (non-hydrogen) atoms. The number of aromatic hydroxyl groups is 1. The van der Waals surface area contributed by atoms with Gasteiger partial charge in [-0.05, 0) is 50.0 Å².